The van der Waals surface area contributed by atoms with Gasteiger partial charge in [-0.1, -0.05) is 30.3 Å². The fraction of sp³-hybridized carbons (Fsp3) is 0.0435. The van der Waals surface area contributed by atoms with Crippen LogP contribution in [-0.4, -0.2) is 24.1 Å². The molecule has 0 unspecified atom stereocenters. The normalized spacial score (nSPS) is 12.0. The Labute approximate surface area is 163 Å². The van der Waals surface area contributed by atoms with E-state index in [1.807, 2.05) is 30.3 Å². The molecule has 0 atom stereocenters. The monoisotopic (exact) mass is 374 g/mol. The highest BCUT2D eigenvalue weighted by Gasteiger charge is 2.01. The molecule has 0 amide bonds. The van der Waals surface area contributed by atoms with Crippen LogP contribution in [0.1, 0.15) is 16.7 Å². The van der Waals surface area contributed by atoms with Crippen LogP contribution in [0.15, 0.2) is 89.1 Å². The molecule has 3 rings (SSSR count). The summed E-state index contributed by atoms with van der Waals surface area (Å²) in [5.74, 6) is 0.579. The van der Waals surface area contributed by atoms with Crippen LogP contribution in [0.3, 0.4) is 0 Å². The molecule has 0 fully saturated rings. The Kier molecular flexibility index (Phi) is 6.31. The first-order chi connectivity index (χ1) is 13.7. The average molecular weight is 374 g/mol. The van der Waals surface area contributed by atoms with Crippen molar-refractivity contribution in [2.45, 2.75) is 0 Å². The number of benzene rings is 3. The highest BCUT2D eigenvalue weighted by molar-refractivity contribution is 6.10. The summed E-state index contributed by atoms with van der Waals surface area (Å²) in [5.41, 5.74) is 2.80. The lowest BCUT2D eigenvalue weighted by molar-refractivity contribution is 0.415. The summed E-state index contributed by atoms with van der Waals surface area (Å²) in [6.07, 6.45) is 5.16. The molecule has 0 aliphatic heterocycles. The van der Waals surface area contributed by atoms with Gasteiger partial charge in [0.2, 0.25) is 0 Å². The standard InChI is InChI=1S/C23H19FN2O2/c1-28-21-13-6-17(7-14-21)8-15-22(18-9-11-20(24)12-10-18)26-25-16-19-4-2-3-5-23(19)27/h2-16,27H,1H3/b15-8+,25-16+,26-22-. The van der Waals surface area contributed by atoms with Gasteiger partial charge in [-0.2, -0.15) is 10.2 Å². The average Bonchev–Trinajstić information content (AvgIpc) is 2.73. The van der Waals surface area contributed by atoms with Gasteiger partial charge in [0, 0.05) is 11.1 Å². The lowest BCUT2D eigenvalue weighted by atomic mass is 10.1. The van der Waals surface area contributed by atoms with Crippen molar-refractivity contribution < 1.29 is 14.2 Å². The lowest BCUT2D eigenvalue weighted by Gasteiger charge is -2.02. The van der Waals surface area contributed by atoms with E-state index in [-0.39, 0.29) is 11.6 Å². The number of phenols is 1. The quantitative estimate of drug-likeness (QED) is 0.483. The third-order valence-electron chi connectivity index (χ3n) is 3.99. The fourth-order valence-corrected chi connectivity index (χ4v) is 2.45. The van der Waals surface area contributed by atoms with E-state index in [0.717, 1.165) is 16.9 Å². The van der Waals surface area contributed by atoms with Crippen LogP contribution in [0.4, 0.5) is 4.39 Å². The second-order valence-corrected chi connectivity index (χ2v) is 5.90. The van der Waals surface area contributed by atoms with Gasteiger partial charge in [0.1, 0.15) is 17.3 Å². The third kappa shape index (κ3) is 5.14. The van der Waals surface area contributed by atoms with Crippen molar-refractivity contribution in [3.05, 3.63) is 101 Å². The van der Waals surface area contributed by atoms with Gasteiger partial charge in [-0.05, 0) is 60.2 Å². The van der Waals surface area contributed by atoms with E-state index in [9.17, 15) is 9.50 Å². The van der Waals surface area contributed by atoms with Crippen molar-refractivity contribution >= 4 is 18.0 Å². The Morgan fingerprint density at radius 1 is 0.964 bits per heavy atom. The first-order valence-electron chi connectivity index (χ1n) is 8.63. The zero-order chi connectivity index (χ0) is 19.8. The van der Waals surface area contributed by atoms with Gasteiger partial charge >= 0.3 is 0 Å². The first kappa shape index (κ1) is 19.0. The molecule has 140 valence electrons. The van der Waals surface area contributed by atoms with Crippen LogP contribution in [0.25, 0.3) is 6.08 Å². The topological polar surface area (TPSA) is 54.2 Å². The summed E-state index contributed by atoms with van der Waals surface area (Å²) in [5, 5.41) is 18.1. The number of hydrogen-bond acceptors (Lipinski definition) is 4. The molecule has 3 aromatic carbocycles. The van der Waals surface area contributed by atoms with Gasteiger partial charge in [-0.25, -0.2) is 4.39 Å². The molecule has 3 aromatic rings. The van der Waals surface area contributed by atoms with Crippen LogP contribution < -0.4 is 4.74 Å². The van der Waals surface area contributed by atoms with E-state index in [4.69, 9.17) is 4.74 Å². The Morgan fingerprint density at radius 3 is 2.36 bits per heavy atom. The fourth-order valence-electron chi connectivity index (χ4n) is 2.45. The molecule has 1 N–H and O–H groups in total. The van der Waals surface area contributed by atoms with Crippen LogP contribution in [-0.2, 0) is 0 Å². The summed E-state index contributed by atoms with van der Waals surface area (Å²) < 4.78 is 18.4. The summed E-state index contributed by atoms with van der Waals surface area (Å²) in [6.45, 7) is 0. The Balaban J connectivity index is 1.89. The van der Waals surface area contributed by atoms with Gasteiger partial charge < -0.3 is 9.84 Å². The summed E-state index contributed by atoms with van der Waals surface area (Å²) in [7, 11) is 1.62. The van der Waals surface area contributed by atoms with Crippen molar-refractivity contribution in [1.82, 2.24) is 0 Å². The Hall–Kier alpha value is -3.73. The number of nitrogens with zero attached hydrogens (tertiary/aromatic N) is 2. The number of allylic oxidation sites excluding steroid dienone is 1. The van der Waals surface area contributed by atoms with Crippen molar-refractivity contribution in [3.63, 3.8) is 0 Å². The molecule has 0 bridgehead atoms. The minimum atomic E-state index is -0.319. The van der Waals surface area contributed by atoms with E-state index < -0.39 is 0 Å². The molecule has 4 nitrogen and oxygen atoms in total. The number of rotatable bonds is 6. The van der Waals surface area contributed by atoms with Crippen molar-refractivity contribution in [2.75, 3.05) is 7.11 Å². The zero-order valence-corrected chi connectivity index (χ0v) is 15.3. The third-order valence-corrected chi connectivity index (χ3v) is 3.99. The number of phenolic OH excluding ortho intramolecular Hbond substituents is 1. The first-order valence-corrected chi connectivity index (χ1v) is 8.63. The molecule has 0 heterocycles. The zero-order valence-electron chi connectivity index (χ0n) is 15.3. The highest BCUT2D eigenvalue weighted by atomic mass is 19.1. The number of ether oxygens (including phenoxy) is 1. The van der Waals surface area contributed by atoms with Crippen LogP contribution >= 0.6 is 0 Å². The maximum Gasteiger partial charge on any atom is 0.124 e. The van der Waals surface area contributed by atoms with Gasteiger partial charge in [0.15, 0.2) is 0 Å². The van der Waals surface area contributed by atoms with Gasteiger partial charge in [-0.3, -0.25) is 0 Å². The van der Waals surface area contributed by atoms with Gasteiger partial charge in [0.05, 0.1) is 19.0 Å². The van der Waals surface area contributed by atoms with E-state index in [2.05, 4.69) is 10.2 Å². The molecule has 0 aromatic heterocycles. The molecule has 28 heavy (non-hydrogen) atoms. The number of hydrogen-bond donors (Lipinski definition) is 1. The Bertz CT molecular complexity index is 1010. The minimum Gasteiger partial charge on any atom is -0.507 e. The summed E-state index contributed by atoms with van der Waals surface area (Å²) in [4.78, 5) is 0. The molecule has 0 aliphatic rings. The molecular weight excluding hydrogens is 355 g/mol. The second kappa shape index (κ2) is 9.28. The van der Waals surface area contributed by atoms with Gasteiger partial charge in [-0.15, -0.1) is 0 Å². The molecule has 0 radical (unpaired) electrons. The largest absolute Gasteiger partial charge is 0.507 e. The molecule has 0 saturated heterocycles. The van der Waals surface area contributed by atoms with Crippen molar-refractivity contribution in [2.24, 2.45) is 10.2 Å². The molecule has 5 heteroatoms. The predicted molar refractivity (Wildman–Crippen MR) is 111 cm³/mol. The maximum absolute atomic E-state index is 13.3. The van der Waals surface area contributed by atoms with E-state index in [1.54, 1.807) is 49.6 Å². The van der Waals surface area contributed by atoms with Crippen LogP contribution in [0.2, 0.25) is 0 Å². The van der Waals surface area contributed by atoms with Crippen molar-refractivity contribution in [3.8, 4) is 11.5 Å². The lowest BCUT2D eigenvalue weighted by Crippen LogP contribution is -1.96. The SMILES string of the molecule is COc1ccc(/C=C/C(=N/N=C/c2ccccc2O)c2ccc(F)cc2)cc1. The molecule has 0 aliphatic carbocycles. The van der Waals surface area contributed by atoms with Crippen molar-refractivity contribution in [1.29, 1.82) is 0 Å². The van der Waals surface area contributed by atoms with E-state index in [1.165, 1.54) is 18.3 Å². The number of para-hydroxylation sites is 1. The van der Waals surface area contributed by atoms with Crippen LogP contribution in [0.5, 0.6) is 11.5 Å². The van der Waals surface area contributed by atoms with Crippen LogP contribution in [0, 0.1) is 5.82 Å². The van der Waals surface area contributed by atoms with E-state index >= 15 is 0 Å². The Morgan fingerprint density at radius 2 is 1.68 bits per heavy atom. The summed E-state index contributed by atoms with van der Waals surface area (Å²) in [6, 6.07) is 20.4. The predicted octanol–water partition coefficient (Wildman–Crippen LogP) is 5.08. The second-order valence-electron chi connectivity index (χ2n) is 5.90. The highest BCUT2D eigenvalue weighted by Crippen LogP contribution is 2.15. The number of methoxy groups -OCH3 is 1. The summed E-state index contributed by atoms with van der Waals surface area (Å²) >= 11 is 0. The maximum atomic E-state index is 13.3. The van der Waals surface area contributed by atoms with Gasteiger partial charge in [0.25, 0.3) is 0 Å². The van der Waals surface area contributed by atoms with E-state index in [0.29, 0.717) is 11.3 Å². The minimum absolute atomic E-state index is 0.124. The smallest absolute Gasteiger partial charge is 0.124 e. The molecular formula is C23H19FN2O2. The number of halogens is 1. The number of aromatic hydroxyl groups is 1. The molecule has 0 spiro atoms. The molecule has 0 saturated carbocycles.